The van der Waals surface area contributed by atoms with Crippen LogP contribution in [0.2, 0.25) is 0 Å². The van der Waals surface area contributed by atoms with Gasteiger partial charge in [-0.3, -0.25) is 9.69 Å². The number of benzene rings is 1. The molecule has 0 aliphatic carbocycles. The third-order valence-corrected chi connectivity index (χ3v) is 3.26. The highest BCUT2D eigenvalue weighted by atomic mass is 32.1. The molecular formula is C14H18N2O2S. The summed E-state index contributed by atoms with van der Waals surface area (Å²) < 4.78 is 5.59. The molecule has 1 amide bonds. The van der Waals surface area contributed by atoms with Crippen molar-refractivity contribution in [1.29, 1.82) is 0 Å². The van der Waals surface area contributed by atoms with Gasteiger partial charge in [-0.25, -0.2) is 0 Å². The molecule has 4 nitrogen and oxygen atoms in total. The molecule has 1 aliphatic heterocycles. The number of carbonyl (C=O) groups is 1. The van der Waals surface area contributed by atoms with Crippen LogP contribution in [0.4, 0.5) is 5.69 Å². The summed E-state index contributed by atoms with van der Waals surface area (Å²) in [4.78, 5) is 13.4. The molecule has 102 valence electrons. The van der Waals surface area contributed by atoms with Gasteiger partial charge in [0.05, 0.1) is 12.3 Å². The van der Waals surface area contributed by atoms with E-state index in [1.807, 2.05) is 24.3 Å². The number of carbonyl (C=O) groups excluding carboxylic acids is 1. The standard InChI is InChI=1S/C14H18N2O2S/c1-2-3-10-18-12-6-4-11(5-7-12)16-13(17)8-9-15-14(16)19/h4-7H,2-3,8-10H2,1H3,(H,15,19). The lowest BCUT2D eigenvalue weighted by atomic mass is 10.2. The predicted octanol–water partition coefficient (Wildman–Crippen LogP) is 2.48. The first-order chi connectivity index (χ1) is 9.22. The second kappa shape index (κ2) is 6.52. The molecule has 0 atom stereocenters. The van der Waals surface area contributed by atoms with Crippen molar-refractivity contribution in [2.75, 3.05) is 18.1 Å². The fraction of sp³-hybridized carbons (Fsp3) is 0.429. The SMILES string of the molecule is CCCCOc1ccc(N2C(=O)CCNC2=S)cc1. The third kappa shape index (κ3) is 3.44. The summed E-state index contributed by atoms with van der Waals surface area (Å²) in [7, 11) is 0. The highest BCUT2D eigenvalue weighted by Gasteiger charge is 2.23. The zero-order valence-corrected chi connectivity index (χ0v) is 11.8. The molecule has 0 saturated carbocycles. The van der Waals surface area contributed by atoms with Crippen molar-refractivity contribution in [3.8, 4) is 5.75 Å². The largest absolute Gasteiger partial charge is 0.494 e. The second-order valence-electron chi connectivity index (χ2n) is 4.41. The Hall–Kier alpha value is -1.62. The molecule has 1 N–H and O–H groups in total. The summed E-state index contributed by atoms with van der Waals surface area (Å²) in [6, 6.07) is 7.46. The highest BCUT2D eigenvalue weighted by Crippen LogP contribution is 2.21. The summed E-state index contributed by atoms with van der Waals surface area (Å²) in [5.74, 6) is 0.851. The van der Waals surface area contributed by atoms with E-state index in [0.29, 0.717) is 18.1 Å². The van der Waals surface area contributed by atoms with Crippen molar-refractivity contribution >= 4 is 28.9 Å². The molecular weight excluding hydrogens is 260 g/mol. The number of rotatable bonds is 5. The van der Waals surface area contributed by atoms with E-state index in [1.54, 1.807) is 0 Å². The molecule has 0 spiro atoms. The van der Waals surface area contributed by atoms with Crippen LogP contribution in [0.5, 0.6) is 5.75 Å². The molecule has 19 heavy (non-hydrogen) atoms. The molecule has 5 heteroatoms. The number of thiocarbonyl (C=S) groups is 1. The Balaban J connectivity index is 2.04. The van der Waals surface area contributed by atoms with E-state index in [2.05, 4.69) is 12.2 Å². The molecule has 0 aromatic heterocycles. The van der Waals surface area contributed by atoms with Gasteiger partial charge in [-0.1, -0.05) is 13.3 Å². The van der Waals surface area contributed by atoms with Crippen LogP contribution < -0.4 is 15.0 Å². The fourth-order valence-corrected chi connectivity index (χ4v) is 2.18. The van der Waals surface area contributed by atoms with Crippen LogP contribution in [0.3, 0.4) is 0 Å². The Morgan fingerprint density at radius 3 is 2.74 bits per heavy atom. The smallest absolute Gasteiger partial charge is 0.235 e. The Bertz CT molecular complexity index is 443. The summed E-state index contributed by atoms with van der Waals surface area (Å²) >= 11 is 5.17. The van der Waals surface area contributed by atoms with Crippen LogP contribution in [0, 0.1) is 0 Å². The lowest BCUT2D eigenvalue weighted by Gasteiger charge is -2.28. The average Bonchev–Trinajstić information content (AvgIpc) is 2.40. The summed E-state index contributed by atoms with van der Waals surface area (Å²) in [5, 5.41) is 3.49. The second-order valence-corrected chi connectivity index (χ2v) is 4.79. The van der Waals surface area contributed by atoms with Gasteiger partial charge < -0.3 is 10.1 Å². The van der Waals surface area contributed by atoms with Crippen molar-refractivity contribution in [2.45, 2.75) is 26.2 Å². The number of hydrogen-bond acceptors (Lipinski definition) is 3. The quantitative estimate of drug-likeness (QED) is 0.663. The minimum absolute atomic E-state index is 0.0309. The predicted molar refractivity (Wildman–Crippen MR) is 79.5 cm³/mol. The maximum atomic E-state index is 11.9. The van der Waals surface area contributed by atoms with Crippen molar-refractivity contribution in [3.63, 3.8) is 0 Å². The monoisotopic (exact) mass is 278 g/mol. The van der Waals surface area contributed by atoms with E-state index in [1.165, 1.54) is 4.90 Å². The minimum atomic E-state index is 0.0309. The number of nitrogens with zero attached hydrogens (tertiary/aromatic N) is 1. The molecule has 0 unspecified atom stereocenters. The zero-order valence-electron chi connectivity index (χ0n) is 11.0. The van der Waals surface area contributed by atoms with Crippen LogP contribution in [0.1, 0.15) is 26.2 Å². The lowest BCUT2D eigenvalue weighted by molar-refractivity contribution is -0.117. The minimum Gasteiger partial charge on any atom is -0.494 e. The van der Waals surface area contributed by atoms with E-state index in [4.69, 9.17) is 17.0 Å². The molecule has 0 radical (unpaired) electrons. The Morgan fingerprint density at radius 2 is 2.11 bits per heavy atom. The van der Waals surface area contributed by atoms with E-state index < -0.39 is 0 Å². The summed E-state index contributed by atoms with van der Waals surface area (Å²) in [5.41, 5.74) is 0.782. The number of nitrogens with one attached hydrogen (secondary N) is 1. The molecule has 1 heterocycles. The van der Waals surface area contributed by atoms with Crippen LogP contribution in [-0.2, 0) is 4.79 Å². The summed E-state index contributed by atoms with van der Waals surface area (Å²) in [6.45, 7) is 3.47. The molecule has 1 fully saturated rings. The first kappa shape index (κ1) is 13.8. The average molecular weight is 278 g/mol. The number of amides is 1. The topological polar surface area (TPSA) is 41.6 Å². The molecule has 0 bridgehead atoms. The van der Waals surface area contributed by atoms with Crippen molar-refractivity contribution in [2.24, 2.45) is 0 Å². The van der Waals surface area contributed by atoms with Crippen molar-refractivity contribution in [1.82, 2.24) is 5.32 Å². The van der Waals surface area contributed by atoms with Crippen LogP contribution in [-0.4, -0.2) is 24.2 Å². The molecule has 1 aromatic rings. The van der Waals surface area contributed by atoms with Gasteiger partial charge in [0.25, 0.3) is 0 Å². The van der Waals surface area contributed by atoms with Crippen molar-refractivity contribution < 1.29 is 9.53 Å². The molecule has 1 aromatic carbocycles. The molecule has 1 saturated heterocycles. The van der Waals surface area contributed by atoms with Gasteiger partial charge in [-0.2, -0.15) is 0 Å². The first-order valence-corrected chi connectivity index (χ1v) is 6.97. The Labute approximate surface area is 118 Å². The van der Waals surface area contributed by atoms with Gasteiger partial charge in [-0.05, 0) is 42.9 Å². The fourth-order valence-electron chi connectivity index (χ4n) is 1.87. The van der Waals surface area contributed by atoms with Gasteiger partial charge in [0.2, 0.25) is 5.91 Å². The highest BCUT2D eigenvalue weighted by molar-refractivity contribution is 7.80. The van der Waals surface area contributed by atoms with Gasteiger partial charge in [0, 0.05) is 13.0 Å². The zero-order chi connectivity index (χ0) is 13.7. The van der Waals surface area contributed by atoms with E-state index >= 15 is 0 Å². The van der Waals surface area contributed by atoms with Crippen molar-refractivity contribution in [3.05, 3.63) is 24.3 Å². The molecule has 1 aliphatic rings. The summed E-state index contributed by atoms with van der Waals surface area (Å²) in [6.07, 6.45) is 2.62. The molecule has 2 rings (SSSR count). The Morgan fingerprint density at radius 1 is 1.37 bits per heavy atom. The number of ether oxygens (including phenoxy) is 1. The number of hydrogen-bond donors (Lipinski definition) is 1. The van der Waals surface area contributed by atoms with Crippen LogP contribution >= 0.6 is 12.2 Å². The van der Waals surface area contributed by atoms with E-state index in [0.717, 1.165) is 30.9 Å². The van der Waals surface area contributed by atoms with Gasteiger partial charge >= 0.3 is 0 Å². The first-order valence-electron chi connectivity index (χ1n) is 6.56. The van der Waals surface area contributed by atoms with E-state index in [9.17, 15) is 4.79 Å². The van der Waals surface area contributed by atoms with Gasteiger partial charge in [0.1, 0.15) is 5.75 Å². The normalized spacial score (nSPS) is 15.3. The van der Waals surface area contributed by atoms with Crippen LogP contribution in [0.15, 0.2) is 24.3 Å². The van der Waals surface area contributed by atoms with Crippen LogP contribution in [0.25, 0.3) is 0 Å². The Kier molecular flexibility index (Phi) is 4.74. The van der Waals surface area contributed by atoms with Gasteiger partial charge in [0.15, 0.2) is 5.11 Å². The number of anilines is 1. The number of unbranched alkanes of at least 4 members (excludes halogenated alkanes) is 1. The third-order valence-electron chi connectivity index (χ3n) is 2.93. The maximum absolute atomic E-state index is 11.9. The van der Waals surface area contributed by atoms with Gasteiger partial charge in [-0.15, -0.1) is 0 Å². The maximum Gasteiger partial charge on any atom is 0.235 e. The lowest BCUT2D eigenvalue weighted by Crippen LogP contribution is -2.49. The van der Waals surface area contributed by atoms with E-state index in [-0.39, 0.29) is 5.91 Å².